The van der Waals surface area contributed by atoms with Gasteiger partial charge in [0.25, 0.3) is 5.91 Å². The second kappa shape index (κ2) is 8.08. The lowest BCUT2D eigenvalue weighted by Gasteiger charge is -2.13. The number of aromatic nitrogens is 3. The molecule has 2 aromatic carbocycles. The van der Waals surface area contributed by atoms with Gasteiger partial charge in [0, 0.05) is 5.69 Å². The van der Waals surface area contributed by atoms with Crippen LogP contribution in [0.3, 0.4) is 0 Å². The Bertz CT molecular complexity index is 990. The van der Waals surface area contributed by atoms with Gasteiger partial charge in [0.05, 0.1) is 5.52 Å². The Labute approximate surface area is 161 Å². The van der Waals surface area contributed by atoms with E-state index in [4.69, 9.17) is 12.2 Å². The SMILES string of the molecule is O=C(Cn1nnc2ccccc21)NNC(=S)Nc1ccc(OC(F)(F)F)cc1. The van der Waals surface area contributed by atoms with Gasteiger partial charge in [-0.1, -0.05) is 17.3 Å². The van der Waals surface area contributed by atoms with Crippen LogP contribution in [0.15, 0.2) is 48.5 Å². The van der Waals surface area contributed by atoms with Crippen LogP contribution in [-0.2, 0) is 11.3 Å². The number of hydrogen-bond donors (Lipinski definition) is 3. The number of amides is 1. The monoisotopic (exact) mass is 410 g/mol. The first kappa shape index (κ1) is 19.4. The topological polar surface area (TPSA) is 93.1 Å². The van der Waals surface area contributed by atoms with Gasteiger partial charge in [0.2, 0.25) is 0 Å². The molecule has 0 saturated carbocycles. The van der Waals surface area contributed by atoms with Crippen molar-refractivity contribution in [2.75, 3.05) is 5.32 Å². The molecular weight excluding hydrogens is 397 g/mol. The molecule has 0 radical (unpaired) electrons. The highest BCUT2D eigenvalue weighted by atomic mass is 32.1. The van der Waals surface area contributed by atoms with E-state index in [1.807, 2.05) is 12.1 Å². The number of halogens is 3. The van der Waals surface area contributed by atoms with Gasteiger partial charge in [-0.3, -0.25) is 15.6 Å². The van der Waals surface area contributed by atoms with E-state index in [2.05, 4.69) is 31.2 Å². The summed E-state index contributed by atoms with van der Waals surface area (Å²) in [5.41, 5.74) is 6.66. The fourth-order valence-electron chi connectivity index (χ4n) is 2.24. The zero-order valence-electron chi connectivity index (χ0n) is 14.0. The molecule has 12 heteroatoms. The number of thiocarbonyl (C=S) groups is 1. The van der Waals surface area contributed by atoms with Crippen molar-refractivity contribution in [2.45, 2.75) is 12.9 Å². The molecule has 0 aliphatic carbocycles. The highest BCUT2D eigenvalue weighted by molar-refractivity contribution is 7.80. The van der Waals surface area contributed by atoms with Crippen LogP contribution in [-0.4, -0.2) is 32.4 Å². The molecule has 8 nitrogen and oxygen atoms in total. The standard InChI is InChI=1S/C16H13F3N6O2S/c17-16(18,19)27-11-7-5-10(6-8-11)20-15(28)23-22-14(26)9-25-13-4-2-1-3-12(13)21-24-25/h1-8H,9H2,(H,22,26)(H2,20,23,28). The number of nitrogens with one attached hydrogen (secondary N) is 3. The van der Waals surface area contributed by atoms with Crippen molar-refractivity contribution in [1.82, 2.24) is 25.8 Å². The van der Waals surface area contributed by atoms with Gasteiger partial charge in [0.1, 0.15) is 17.8 Å². The predicted octanol–water partition coefficient (Wildman–Crippen LogP) is 2.35. The molecule has 0 unspecified atom stereocenters. The maximum atomic E-state index is 12.1. The lowest BCUT2D eigenvalue weighted by Crippen LogP contribution is -2.45. The molecule has 0 bridgehead atoms. The average molecular weight is 410 g/mol. The number of para-hydroxylation sites is 1. The average Bonchev–Trinajstić information content (AvgIpc) is 3.03. The number of fused-ring (bicyclic) bond motifs is 1. The maximum Gasteiger partial charge on any atom is 0.573 e. The van der Waals surface area contributed by atoms with Crippen LogP contribution in [0.1, 0.15) is 0 Å². The van der Waals surface area contributed by atoms with E-state index in [9.17, 15) is 18.0 Å². The maximum absolute atomic E-state index is 12.1. The van der Waals surface area contributed by atoms with Crippen LogP contribution in [0.2, 0.25) is 0 Å². The summed E-state index contributed by atoms with van der Waals surface area (Å²) in [5, 5.41) is 10.6. The molecule has 28 heavy (non-hydrogen) atoms. The summed E-state index contributed by atoms with van der Waals surface area (Å²) >= 11 is 5.02. The van der Waals surface area contributed by atoms with E-state index in [0.29, 0.717) is 16.7 Å². The van der Waals surface area contributed by atoms with Gasteiger partial charge in [-0.25, -0.2) is 4.68 Å². The fourth-order valence-corrected chi connectivity index (χ4v) is 2.41. The number of alkyl halides is 3. The third kappa shape index (κ3) is 5.30. The third-order valence-corrected chi connectivity index (χ3v) is 3.58. The molecule has 3 aromatic rings. The first-order chi connectivity index (χ1) is 13.3. The summed E-state index contributed by atoms with van der Waals surface area (Å²) in [7, 11) is 0. The van der Waals surface area contributed by atoms with Crippen molar-refractivity contribution < 1.29 is 22.7 Å². The van der Waals surface area contributed by atoms with E-state index in [1.165, 1.54) is 16.8 Å². The molecule has 0 aliphatic rings. The molecule has 0 saturated heterocycles. The molecule has 0 fully saturated rings. The Morgan fingerprint density at radius 2 is 1.82 bits per heavy atom. The number of nitrogens with zero attached hydrogens (tertiary/aromatic N) is 3. The Hall–Kier alpha value is -3.41. The highest BCUT2D eigenvalue weighted by Crippen LogP contribution is 2.23. The van der Waals surface area contributed by atoms with E-state index in [1.54, 1.807) is 12.1 Å². The minimum absolute atomic E-state index is 0.0429. The molecule has 1 heterocycles. The first-order valence-electron chi connectivity index (χ1n) is 7.80. The van der Waals surface area contributed by atoms with Crippen LogP contribution >= 0.6 is 12.2 Å². The second-order valence-corrected chi connectivity index (χ2v) is 5.84. The van der Waals surface area contributed by atoms with Crippen LogP contribution in [0.5, 0.6) is 5.75 Å². The van der Waals surface area contributed by atoms with Crippen molar-refractivity contribution in [3.05, 3.63) is 48.5 Å². The minimum atomic E-state index is -4.76. The molecule has 1 amide bonds. The van der Waals surface area contributed by atoms with E-state index < -0.39 is 12.3 Å². The normalized spacial score (nSPS) is 11.1. The van der Waals surface area contributed by atoms with Crippen LogP contribution < -0.4 is 20.9 Å². The van der Waals surface area contributed by atoms with Crippen LogP contribution in [0.4, 0.5) is 18.9 Å². The van der Waals surface area contributed by atoms with Crippen LogP contribution in [0.25, 0.3) is 11.0 Å². The third-order valence-electron chi connectivity index (χ3n) is 3.37. The molecular formula is C16H13F3N6O2S. The predicted molar refractivity (Wildman–Crippen MR) is 98.2 cm³/mol. The van der Waals surface area contributed by atoms with Gasteiger partial charge in [0.15, 0.2) is 5.11 Å². The lowest BCUT2D eigenvalue weighted by atomic mass is 10.3. The molecule has 3 N–H and O–H groups in total. The van der Waals surface area contributed by atoms with Crippen molar-refractivity contribution in [3.8, 4) is 5.75 Å². The van der Waals surface area contributed by atoms with Gasteiger partial charge >= 0.3 is 6.36 Å². The molecule has 0 atom stereocenters. The summed E-state index contributed by atoms with van der Waals surface area (Å²) < 4.78 is 41.6. The number of anilines is 1. The van der Waals surface area contributed by atoms with Gasteiger partial charge in [-0.05, 0) is 48.6 Å². The number of ether oxygens (including phenoxy) is 1. The minimum Gasteiger partial charge on any atom is -0.406 e. The molecule has 0 aliphatic heterocycles. The Morgan fingerprint density at radius 3 is 2.54 bits per heavy atom. The van der Waals surface area contributed by atoms with Crippen molar-refractivity contribution in [1.29, 1.82) is 0 Å². The zero-order valence-corrected chi connectivity index (χ0v) is 14.8. The van der Waals surface area contributed by atoms with Crippen molar-refractivity contribution in [2.24, 2.45) is 0 Å². The number of benzene rings is 2. The van der Waals surface area contributed by atoms with Gasteiger partial charge in [-0.2, -0.15) is 0 Å². The van der Waals surface area contributed by atoms with Crippen molar-refractivity contribution >= 4 is 40.0 Å². The van der Waals surface area contributed by atoms with E-state index >= 15 is 0 Å². The first-order valence-corrected chi connectivity index (χ1v) is 8.21. The largest absolute Gasteiger partial charge is 0.573 e. The Morgan fingerprint density at radius 1 is 1.11 bits per heavy atom. The Balaban J connectivity index is 1.48. The highest BCUT2D eigenvalue weighted by Gasteiger charge is 2.30. The smallest absolute Gasteiger partial charge is 0.406 e. The quantitative estimate of drug-likeness (QED) is 0.449. The molecule has 0 spiro atoms. The zero-order chi connectivity index (χ0) is 20.1. The number of hydrazine groups is 1. The molecule has 1 aromatic heterocycles. The van der Waals surface area contributed by atoms with Crippen LogP contribution in [0, 0.1) is 0 Å². The summed E-state index contributed by atoms with van der Waals surface area (Å²) in [6.07, 6.45) is -4.76. The summed E-state index contributed by atoms with van der Waals surface area (Å²) in [5.74, 6) is -0.779. The fraction of sp³-hybridized carbons (Fsp3) is 0.125. The summed E-state index contributed by atoms with van der Waals surface area (Å²) in [6, 6.07) is 12.1. The van der Waals surface area contributed by atoms with Crippen molar-refractivity contribution in [3.63, 3.8) is 0 Å². The number of carbonyl (C=O) groups excluding carboxylic acids is 1. The number of hydrogen-bond acceptors (Lipinski definition) is 5. The lowest BCUT2D eigenvalue weighted by molar-refractivity contribution is -0.274. The molecule has 146 valence electrons. The van der Waals surface area contributed by atoms with E-state index in [-0.39, 0.29) is 17.4 Å². The van der Waals surface area contributed by atoms with E-state index in [0.717, 1.165) is 12.1 Å². The number of carbonyl (C=O) groups is 1. The number of rotatable bonds is 4. The summed E-state index contributed by atoms with van der Waals surface area (Å²) in [6.45, 7) is -0.0837. The van der Waals surface area contributed by atoms with Gasteiger partial charge < -0.3 is 10.1 Å². The summed E-state index contributed by atoms with van der Waals surface area (Å²) in [4.78, 5) is 12.0. The second-order valence-electron chi connectivity index (χ2n) is 5.44. The Kier molecular flexibility index (Phi) is 5.59. The molecule has 3 rings (SSSR count). The van der Waals surface area contributed by atoms with Gasteiger partial charge in [-0.15, -0.1) is 18.3 Å².